The summed E-state index contributed by atoms with van der Waals surface area (Å²) in [5.41, 5.74) is 2.77. The van der Waals surface area contributed by atoms with Crippen LogP contribution in [-0.4, -0.2) is 17.0 Å². The molecule has 0 unspecified atom stereocenters. The van der Waals surface area contributed by atoms with E-state index < -0.39 is 0 Å². The normalized spacial score (nSPS) is 10.8. The summed E-state index contributed by atoms with van der Waals surface area (Å²) in [7, 11) is 1.81. The number of benzene rings is 2. The molecule has 0 amide bonds. The first-order valence-corrected chi connectivity index (χ1v) is 6.96. The van der Waals surface area contributed by atoms with Gasteiger partial charge in [0.05, 0.1) is 5.52 Å². The highest BCUT2D eigenvalue weighted by Crippen LogP contribution is 2.27. The van der Waals surface area contributed by atoms with Crippen LogP contribution in [0.5, 0.6) is 0 Å². The van der Waals surface area contributed by atoms with Gasteiger partial charge < -0.3 is 5.32 Å². The fourth-order valence-corrected chi connectivity index (χ4v) is 2.46. The maximum Gasteiger partial charge on any atom is 0.162 e. The average molecular weight is 281 g/mol. The highest BCUT2D eigenvalue weighted by atomic mass is 19.1. The van der Waals surface area contributed by atoms with Gasteiger partial charge in [0.25, 0.3) is 0 Å². The standard InChI is InChI=1S/C17H16FN3/c1-3-11-6-4-5-7-13(11)17-20-15-10-12(18)8-9-14(15)16(19-2)21-17/h4-10H,3H2,1-2H3,(H,19,20,21). The van der Waals surface area contributed by atoms with Crippen molar-refractivity contribution in [2.45, 2.75) is 13.3 Å². The Bertz CT molecular complexity index is 799. The van der Waals surface area contributed by atoms with Gasteiger partial charge in [0.15, 0.2) is 5.82 Å². The SMILES string of the molecule is CCc1ccccc1-c1nc(NC)c2ccc(F)cc2n1. The predicted octanol–water partition coefficient (Wildman–Crippen LogP) is 4.04. The molecule has 0 aliphatic carbocycles. The van der Waals surface area contributed by atoms with Gasteiger partial charge in [-0.3, -0.25) is 0 Å². The predicted molar refractivity (Wildman–Crippen MR) is 83.9 cm³/mol. The molecule has 0 radical (unpaired) electrons. The Kier molecular flexibility index (Phi) is 3.52. The Morgan fingerprint density at radius 1 is 1.10 bits per heavy atom. The second kappa shape index (κ2) is 5.48. The van der Waals surface area contributed by atoms with Crippen LogP contribution in [0.15, 0.2) is 42.5 Å². The summed E-state index contributed by atoms with van der Waals surface area (Å²) in [5.74, 6) is 1.04. The summed E-state index contributed by atoms with van der Waals surface area (Å²) in [6, 6.07) is 12.6. The van der Waals surface area contributed by atoms with Gasteiger partial charge in [0.2, 0.25) is 0 Å². The number of nitrogens with zero attached hydrogens (tertiary/aromatic N) is 2. The second-order valence-electron chi connectivity index (χ2n) is 4.82. The third kappa shape index (κ3) is 2.44. The van der Waals surface area contributed by atoms with Gasteiger partial charge >= 0.3 is 0 Å². The van der Waals surface area contributed by atoms with E-state index in [2.05, 4.69) is 28.3 Å². The molecule has 4 heteroatoms. The van der Waals surface area contributed by atoms with Gasteiger partial charge in [-0.2, -0.15) is 0 Å². The molecule has 3 rings (SSSR count). The molecule has 1 aromatic heterocycles. The number of aryl methyl sites for hydroxylation is 1. The fourth-order valence-electron chi connectivity index (χ4n) is 2.46. The van der Waals surface area contributed by atoms with Crippen LogP contribution in [0.4, 0.5) is 10.2 Å². The first kappa shape index (κ1) is 13.5. The van der Waals surface area contributed by atoms with E-state index in [0.29, 0.717) is 17.2 Å². The monoisotopic (exact) mass is 281 g/mol. The third-order valence-electron chi connectivity index (χ3n) is 3.53. The number of rotatable bonds is 3. The number of nitrogens with one attached hydrogen (secondary N) is 1. The lowest BCUT2D eigenvalue weighted by Gasteiger charge is -2.10. The molecule has 3 nitrogen and oxygen atoms in total. The van der Waals surface area contributed by atoms with Gasteiger partial charge in [-0.25, -0.2) is 14.4 Å². The molecular formula is C17H16FN3. The Morgan fingerprint density at radius 3 is 2.67 bits per heavy atom. The highest BCUT2D eigenvalue weighted by molar-refractivity contribution is 5.90. The first-order chi connectivity index (χ1) is 10.2. The zero-order valence-electron chi connectivity index (χ0n) is 12.0. The van der Waals surface area contributed by atoms with Crippen LogP contribution in [0.25, 0.3) is 22.3 Å². The highest BCUT2D eigenvalue weighted by Gasteiger charge is 2.11. The van der Waals surface area contributed by atoms with Crippen molar-refractivity contribution in [3.05, 3.63) is 53.8 Å². The fraction of sp³-hybridized carbons (Fsp3) is 0.176. The number of hydrogen-bond acceptors (Lipinski definition) is 3. The molecule has 106 valence electrons. The van der Waals surface area contributed by atoms with Crippen molar-refractivity contribution in [2.75, 3.05) is 12.4 Å². The maximum absolute atomic E-state index is 13.5. The van der Waals surface area contributed by atoms with Crippen molar-refractivity contribution in [1.29, 1.82) is 0 Å². The molecule has 0 atom stereocenters. The van der Waals surface area contributed by atoms with Crippen molar-refractivity contribution in [3.8, 4) is 11.4 Å². The molecule has 0 saturated heterocycles. The van der Waals surface area contributed by atoms with Crippen LogP contribution in [0.2, 0.25) is 0 Å². The van der Waals surface area contributed by atoms with Gasteiger partial charge in [-0.05, 0) is 24.1 Å². The summed E-state index contributed by atoms with van der Waals surface area (Å²) in [5, 5.41) is 3.88. The van der Waals surface area contributed by atoms with Crippen LogP contribution in [-0.2, 0) is 6.42 Å². The summed E-state index contributed by atoms with van der Waals surface area (Å²) in [6.45, 7) is 2.10. The Hall–Kier alpha value is -2.49. The van der Waals surface area contributed by atoms with Crippen molar-refractivity contribution >= 4 is 16.7 Å². The molecule has 0 spiro atoms. The molecule has 2 aromatic carbocycles. The van der Waals surface area contributed by atoms with Crippen LogP contribution < -0.4 is 5.32 Å². The lowest BCUT2D eigenvalue weighted by atomic mass is 10.0. The smallest absolute Gasteiger partial charge is 0.162 e. The van der Waals surface area contributed by atoms with Gasteiger partial charge in [0.1, 0.15) is 11.6 Å². The van der Waals surface area contributed by atoms with Gasteiger partial charge in [-0.1, -0.05) is 31.2 Å². The Labute approximate surface area is 122 Å². The summed E-state index contributed by atoms with van der Waals surface area (Å²) < 4.78 is 13.5. The zero-order valence-corrected chi connectivity index (χ0v) is 12.0. The molecule has 21 heavy (non-hydrogen) atoms. The number of hydrogen-bond donors (Lipinski definition) is 1. The lowest BCUT2D eigenvalue weighted by molar-refractivity contribution is 0.629. The summed E-state index contributed by atoms with van der Waals surface area (Å²) >= 11 is 0. The first-order valence-electron chi connectivity index (χ1n) is 6.96. The summed E-state index contributed by atoms with van der Waals surface area (Å²) in [6.07, 6.45) is 0.898. The number of aromatic nitrogens is 2. The summed E-state index contributed by atoms with van der Waals surface area (Å²) in [4.78, 5) is 9.12. The van der Waals surface area contributed by atoms with Crippen LogP contribution >= 0.6 is 0 Å². The van der Waals surface area contributed by atoms with E-state index in [1.54, 1.807) is 13.1 Å². The average Bonchev–Trinajstić information content (AvgIpc) is 2.53. The van der Waals surface area contributed by atoms with E-state index in [-0.39, 0.29) is 5.82 Å². The van der Waals surface area contributed by atoms with E-state index in [9.17, 15) is 4.39 Å². The topological polar surface area (TPSA) is 37.8 Å². The molecule has 0 aliphatic heterocycles. The largest absolute Gasteiger partial charge is 0.373 e. The quantitative estimate of drug-likeness (QED) is 0.787. The van der Waals surface area contributed by atoms with Crippen molar-refractivity contribution < 1.29 is 4.39 Å². The van der Waals surface area contributed by atoms with E-state index in [1.165, 1.54) is 17.7 Å². The minimum atomic E-state index is -0.294. The lowest BCUT2D eigenvalue weighted by Crippen LogP contribution is -2.00. The van der Waals surface area contributed by atoms with Crippen molar-refractivity contribution in [2.24, 2.45) is 0 Å². The molecule has 0 saturated carbocycles. The molecule has 1 N–H and O–H groups in total. The molecule has 0 aliphatic rings. The van der Waals surface area contributed by atoms with E-state index in [0.717, 1.165) is 17.4 Å². The molecular weight excluding hydrogens is 265 g/mol. The molecule has 0 bridgehead atoms. The molecule has 3 aromatic rings. The number of halogens is 1. The van der Waals surface area contributed by atoms with Crippen LogP contribution in [0.1, 0.15) is 12.5 Å². The van der Waals surface area contributed by atoms with E-state index >= 15 is 0 Å². The number of anilines is 1. The second-order valence-corrected chi connectivity index (χ2v) is 4.82. The minimum Gasteiger partial charge on any atom is -0.373 e. The van der Waals surface area contributed by atoms with Gasteiger partial charge in [-0.15, -0.1) is 0 Å². The Balaban J connectivity index is 2.28. The third-order valence-corrected chi connectivity index (χ3v) is 3.53. The Morgan fingerprint density at radius 2 is 1.90 bits per heavy atom. The maximum atomic E-state index is 13.5. The molecule has 1 heterocycles. The van der Waals surface area contributed by atoms with Crippen LogP contribution in [0.3, 0.4) is 0 Å². The minimum absolute atomic E-state index is 0.294. The van der Waals surface area contributed by atoms with Gasteiger partial charge in [0, 0.05) is 24.1 Å². The molecule has 0 fully saturated rings. The van der Waals surface area contributed by atoms with E-state index in [1.807, 2.05) is 18.2 Å². The number of fused-ring (bicyclic) bond motifs is 1. The zero-order chi connectivity index (χ0) is 14.8. The van der Waals surface area contributed by atoms with Crippen molar-refractivity contribution in [3.63, 3.8) is 0 Å². The van der Waals surface area contributed by atoms with Crippen molar-refractivity contribution in [1.82, 2.24) is 9.97 Å². The van der Waals surface area contributed by atoms with Crippen LogP contribution in [0, 0.1) is 5.82 Å². The van der Waals surface area contributed by atoms with E-state index in [4.69, 9.17) is 0 Å².